The third-order valence-electron chi connectivity index (χ3n) is 2.72. The molecule has 0 amide bonds. The Morgan fingerprint density at radius 2 is 2.15 bits per heavy atom. The lowest BCUT2D eigenvalue weighted by molar-refractivity contribution is -0.387. The normalized spacial score (nSPS) is 10.9. The van der Waals surface area contributed by atoms with Crippen molar-refractivity contribution in [2.24, 2.45) is 0 Å². The zero-order valence-corrected chi connectivity index (χ0v) is 11.4. The van der Waals surface area contributed by atoms with Gasteiger partial charge in [0.05, 0.1) is 15.1 Å². The van der Waals surface area contributed by atoms with E-state index in [2.05, 4.69) is 25.9 Å². The molecule has 0 aliphatic heterocycles. The molecule has 3 rings (SSSR count). The molecule has 0 N–H and O–H groups in total. The summed E-state index contributed by atoms with van der Waals surface area (Å²) >= 11 is 3.29. The largest absolute Gasteiger partial charge is 0.305 e. The number of rotatable bonds is 2. The van der Waals surface area contributed by atoms with E-state index in [1.807, 2.05) is 0 Å². The lowest BCUT2D eigenvalue weighted by Gasteiger charge is -1.97. The molecule has 2 heterocycles. The zero-order chi connectivity index (χ0) is 14.3. The fourth-order valence-electron chi connectivity index (χ4n) is 1.81. The van der Waals surface area contributed by atoms with Gasteiger partial charge in [0.15, 0.2) is 0 Å². The smallest absolute Gasteiger partial charge is 0.289 e. The molecular weight excluding hydrogens is 331 g/mol. The van der Waals surface area contributed by atoms with E-state index in [0.717, 1.165) is 16.6 Å². The van der Waals surface area contributed by atoms with E-state index in [1.165, 1.54) is 6.07 Å². The maximum atomic E-state index is 13.3. The summed E-state index contributed by atoms with van der Waals surface area (Å²) in [5, 5.41) is 10.7. The number of nitrogens with zero attached hydrogens (tertiary/aromatic N) is 4. The number of imidazole rings is 1. The molecule has 0 aliphatic rings. The fraction of sp³-hybridized carbons (Fsp3) is 0. The lowest BCUT2D eigenvalue weighted by Crippen LogP contribution is -1.92. The first-order valence-corrected chi connectivity index (χ1v) is 6.28. The Morgan fingerprint density at radius 3 is 2.90 bits per heavy atom. The molecule has 0 fully saturated rings. The second kappa shape index (κ2) is 4.64. The molecule has 6 nitrogen and oxygen atoms in total. The zero-order valence-electron chi connectivity index (χ0n) is 9.83. The summed E-state index contributed by atoms with van der Waals surface area (Å²) in [6.07, 6.45) is 5.03. The van der Waals surface area contributed by atoms with Crippen LogP contribution in [-0.4, -0.2) is 19.3 Å². The van der Waals surface area contributed by atoms with E-state index >= 15 is 0 Å². The van der Waals surface area contributed by atoms with Crippen LogP contribution >= 0.6 is 15.9 Å². The molecule has 20 heavy (non-hydrogen) atoms. The number of fused-ring (bicyclic) bond motifs is 1. The molecule has 0 atom stereocenters. The number of hydrogen-bond donors (Lipinski definition) is 0. The highest BCUT2D eigenvalue weighted by Crippen LogP contribution is 2.26. The molecule has 0 saturated carbocycles. The first-order chi connectivity index (χ1) is 9.54. The maximum absolute atomic E-state index is 13.3. The number of nitro benzene ring substituents is 1. The minimum Gasteiger partial charge on any atom is -0.289 e. The molecule has 0 bridgehead atoms. The van der Waals surface area contributed by atoms with Crippen LogP contribution in [0.25, 0.3) is 17.0 Å². The fourth-order valence-corrected chi connectivity index (χ4v) is 2.13. The molecule has 1 aromatic carbocycles. The number of halogens is 2. The van der Waals surface area contributed by atoms with Gasteiger partial charge < -0.3 is 0 Å². The van der Waals surface area contributed by atoms with Gasteiger partial charge >= 0.3 is 5.69 Å². The molecule has 0 radical (unpaired) electrons. The Kier molecular flexibility index (Phi) is 2.94. The minimum absolute atomic E-state index is 0.454. The van der Waals surface area contributed by atoms with Gasteiger partial charge in [0.2, 0.25) is 11.6 Å². The lowest BCUT2D eigenvalue weighted by atomic mass is 10.1. The van der Waals surface area contributed by atoms with Crippen molar-refractivity contribution in [3.8, 4) is 11.3 Å². The van der Waals surface area contributed by atoms with Gasteiger partial charge in [-0.15, -0.1) is 0 Å². The second-order valence-corrected chi connectivity index (χ2v) is 4.94. The average Bonchev–Trinajstić information content (AvgIpc) is 2.81. The van der Waals surface area contributed by atoms with Gasteiger partial charge in [-0.3, -0.25) is 14.5 Å². The van der Waals surface area contributed by atoms with Crippen molar-refractivity contribution < 1.29 is 9.31 Å². The van der Waals surface area contributed by atoms with E-state index in [0.29, 0.717) is 17.0 Å². The second-order valence-electron chi connectivity index (χ2n) is 4.03. The molecule has 2 aromatic heterocycles. The van der Waals surface area contributed by atoms with Crippen molar-refractivity contribution in [3.63, 3.8) is 0 Å². The van der Waals surface area contributed by atoms with Crippen LogP contribution in [0.15, 0.2) is 41.3 Å². The van der Waals surface area contributed by atoms with Gasteiger partial charge in [-0.2, -0.15) is 4.39 Å². The van der Waals surface area contributed by atoms with Crippen LogP contribution in [0.3, 0.4) is 0 Å². The Hall–Kier alpha value is -2.35. The van der Waals surface area contributed by atoms with Crippen LogP contribution < -0.4 is 0 Å². The van der Waals surface area contributed by atoms with Gasteiger partial charge in [0.1, 0.15) is 0 Å². The third kappa shape index (κ3) is 2.14. The van der Waals surface area contributed by atoms with Crippen LogP contribution in [0, 0.1) is 15.9 Å². The highest BCUT2D eigenvalue weighted by atomic mass is 79.9. The van der Waals surface area contributed by atoms with Crippen LogP contribution in [-0.2, 0) is 0 Å². The monoisotopic (exact) mass is 336 g/mol. The number of aromatic nitrogens is 3. The molecule has 3 aromatic rings. The van der Waals surface area contributed by atoms with Crippen molar-refractivity contribution in [1.29, 1.82) is 0 Å². The molecule has 0 spiro atoms. The molecule has 0 aliphatic carbocycles. The Balaban J connectivity index is 2.15. The number of benzene rings is 1. The Labute approximate surface area is 120 Å². The van der Waals surface area contributed by atoms with Crippen molar-refractivity contribution in [1.82, 2.24) is 14.4 Å². The van der Waals surface area contributed by atoms with E-state index in [1.54, 1.807) is 23.0 Å². The summed E-state index contributed by atoms with van der Waals surface area (Å²) in [4.78, 5) is 18.3. The van der Waals surface area contributed by atoms with E-state index in [4.69, 9.17) is 0 Å². The van der Waals surface area contributed by atoms with Crippen LogP contribution in [0.2, 0.25) is 0 Å². The van der Waals surface area contributed by atoms with E-state index in [-0.39, 0.29) is 0 Å². The quantitative estimate of drug-likeness (QED) is 0.532. The highest BCUT2D eigenvalue weighted by Gasteiger charge is 2.16. The van der Waals surface area contributed by atoms with Crippen LogP contribution in [0.5, 0.6) is 0 Å². The molecular formula is C12H6BrFN4O2. The van der Waals surface area contributed by atoms with Crippen molar-refractivity contribution in [2.75, 3.05) is 0 Å². The standard InChI is InChI=1S/C12H6BrFN4O2/c13-8-4-15-12-16-10(6-17(12)5-8)7-1-2-9(14)11(3-7)18(19)20/h1-6H. The SMILES string of the molecule is O=[N+]([O-])c1cc(-c2cn3cc(Br)cnc3n2)ccc1F. The summed E-state index contributed by atoms with van der Waals surface area (Å²) in [7, 11) is 0. The predicted octanol–water partition coefficient (Wildman–Crippen LogP) is 3.21. The van der Waals surface area contributed by atoms with E-state index < -0.39 is 16.4 Å². The van der Waals surface area contributed by atoms with E-state index in [9.17, 15) is 14.5 Å². The average molecular weight is 337 g/mol. The van der Waals surface area contributed by atoms with Crippen LogP contribution in [0.1, 0.15) is 0 Å². The molecule has 0 saturated heterocycles. The summed E-state index contributed by atoms with van der Waals surface area (Å²) in [6, 6.07) is 3.66. The predicted molar refractivity (Wildman–Crippen MR) is 72.7 cm³/mol. The summed E-state index contributed by atoms with van der Waals surface area (Å²) < 4.78 is 15.8. The highest BCUT2D eigenvalue weighted by molar-refractivity contribution is 9.10. The van der Waals surface area contributed by atoms with Gasteiger partial charge in [-0.05, 0) is 28.1 Å². The molecule has 0 unspecified atom stereocenters. The first kappa shape index (κ1) is 12.7. The first-order valence-electron chi connectivity index (χ1n) is 5.49. The Bertz CT molecular complexity index is 833. The topological polar surface area (TPSA) is 73.3 Å². The number of hydrogen-bond acceptors (Lipinski definition) is 4. The summed E-state index contributed by atoms with van der Waals surface area (Å²) in [5.74, 6) is -0.418. The van der Waals surface area contributed by atoms with Gasteiger partial charge in [-0.25, -0.2) is 9.97 Å². The van der Waals surface area contributed by atoms with Gasteiger partial charge in [0.25, 0.3) is 0 Å². The Morgan fingerprint density at radius 1 is 1.35 bits per heavy atom. The van der Waals surface area contributed by atoms with Crippen molar-refractivity contribution in [2.45, 2.75) is 0 Å². The van der Waals surface area contributed by atoms with Crippen molar-refractivity contribution >= 4 is 27.4 Å². The maximum Gasteiger partial charge on any atom is 0.305 e. The summed E-state index contributed by atoms with van der Waals surface area (Å²) in [6.45, 7) is 0. The van der Waals surface area contributed by atoms with Gasteiger partial charge in [-0.1, -0.05) is 0 Å². The number of nitro groups is 1. The van der Waals surface area contributed by atoms with Gasteiger partial charge in [0, 0.05) is 30.2 Å². The molecule has 100 valence electrons. The van der Waals surface area contributed by atoms with Crippen LogP contribution in [0.4, 0.5) is 10.1 Å². The minimum atomic E-state index is -0.872. The van der Waals surface area contributed by atoms with Crippen molar-refractivity contribution in [3.05, 3.63) is 57.2 Å². The third-order valence-corrected chi connectivity index (χ3v) is 3.13. The summed E-state index contributed by atoms with van der Waals surface area (Å²) in [5.41, 5.74) is 0.368. The molecule has 8 heteroatoms.